The largest absolute Gasteiger partial charge is 0.394 e. The molecule has 0 aromatic rings. The zero-order valence-electron chi connectivity index (χ0n) is 12.8. The fraction of sp³-hybridized carbons (Fsp3) is 1.00. The molecule has 2 aliphatic rings. The van der Waals surface area contributed by atoms with E-state index in [-0.39, 0.29) is 0 Å². The standard InChI is InChI=1S/C13H24O10/c1-4-6(15)8(17)9(18)13(21-4)23-11-7(16)5(3-14)22-12(20-2)10(11)19/h4-19H,3H2,1-2H3/t4-,5+,6+,7+,8+,9-,10+,11-,12-,13-/m0/s1. The second-order valence-electron chi connectivity index (χ2n) is 5.72. The summed E-state index contributed by atoms with van der Waals surface area (Å²) in [7, 11) is 1.27. The summed E-state index contributed by atoms with van der Waals surface area (Å²) in [6.07, 6.45) is -13.0. The van der Waals surface area contributed by atoms with E-state index in [0.29, 0.717) is 0 Å². The Kier molecular flexibility index (Phi) is 6.30. The minimum absolute atomic E-state index is 0.542. The normalized spacial score (nSPS) is 51.7. The first kappa shape index (κ1) is 18.9. The molecule has 0 radical (unpaired) electrons. The number of methoxy groups -OCH3 is 1. The van der Waals surface area contributed by atoms with E-state index < -0.39 is 68.0 Å². The topological polar surface area (TPSA) is 158 Å². The van der Waals surface area contributed by atoms with Crippen LogP contribution in [0.25, 0.3) is 0 Å². The molecule has 0 spiro atoms. The van der Waals surface area contributed by atoms with Gasteiger partial charge in [0.25, 0.3) is 0 Å². The zero-order chi connectivity index (χ0) is 17.3. The Balaban J connectivity index is 2.12. The zero-order valence-corrected chi connectivity index (χ0v) is 12.8. The van der Waals surface area contributed by atoms with Crippen molar-refractivity contribution in [1.29, 1.82) is 0 Å². The van der Waals surface area contributed by atoms with Gasteiger partial charge in [-0.25, -0.2) is 0 Å². The second kappa shape index (κ2) is 7.66. The van der Waals surface area contributed by atoms with Crippen molar-refractivity contribution < 1.29 is 49.6 Å². The lowest BCUT2D eigenvalue weighted by Gasteiger charge is -2.45. The highest BCUT2D eigenvalue weighted by atomic mass is 16.7. The molecule has 2 saturated heterocycles. The third-order valence-corrected chi connectivity index (χ3v) is 4.15. The van der Waals surface area contributed by atoms with Crippen molar-refractivity contribution in [3.63, 3.8) is 0 Å². The lowest BCUT2D eigenvalue weighted by Crippen LogP contribution is -2.64. The molecule has 6 N–H and O–H groups in total. The molecule has 2 rings (SSSR count). The summed E-state index contributed by atoms with van der Waals surface area (Å²) in [5.74, 6) is 0. The van der Waals surface area contributed by atoms with Gasteiger partial charge >= 0.3 is 0 Å². The molecule has 0 bridgehead atoms. The summed E-state index contributed by atoms with van der Waals surface area (Å²) in [6, 6.07) is 0. The Labute approximate surface area is 132 Å². The summed E-state index contributed by atoms with van der Waals surface area (Å²) >= 11 is 0. The molecule has 0 unspecified atom stereocenters. The lowest BCUT2D eigenvalue weighted by molar-refractivity contribution is -0.355. The van der Waals surface area contributed by atoms with Crippen molar-refractivity contribution in [3.8, 4) is 0 Å². The SMILES string of the molecule is CO[C@H]1O[C@H](CO)[C@@H](O)[C@H](O[C@@H]2O[C@@H](C)[C@@H](O)[C@@H](O)[C@@H]2O)[C@H]1O. The molecule has 0 aromatic heterocycles. The molecule has 2 fully saturated rings. The predicted octanol–water partition coefficient (Wildman–Crippen LogP) is -3.72. The molecule has 2 heterocycles. The highest BCUT2D eigenvalue weighted by Crippen LogP contribution is 2.29. The highest BCUT2D eigenvalue weighted by molar-refractivity contribution is 4.93. The van der Waals surface area contributed by atoms with Gasteiger partial charge in [0.2, 0.25) is 0 Å². The fourth-order valence-electron chi connectivity index (χ4n) is 2.69. The fourth-order valence-corrected chi connectivity index (χ4v) is 2.69. The van der Waals surface area contributed by atoms with Crippen molar-refractivity contribution in [2.24, 2.45) is 0 Å². The first-order valence-corrected chi connectivity index (χ1v) is 7.32. The summed E-state index contributed by atoms with van der Waals surface area (Å²) in [5, 5.41) is 58.9. The van der Waals surface area contributed by atoms with Gasteiger partial charge in [0.1, 0.15) is 42.7 Å². The Hall–Kier alpha value is -0.400. The van der Waals surface area contributed by atoms with Gasteiger partial charge in [0.05, 0.1) is 12.7 Å². The molecule has 2 aliphatic heterocycles. The van der Waals surface area contributed by atoms with Crippen LogP contribution in [0.4, 0.5) is 0 Å². The maximum Gasteiger partial charge on any atom is 0.187 e. The van der Waals surface area contributed by atoms with Crippen LogP contribution in [0.15, 0.2) is 0 Å². The Morgan fingerprint density at radius 1 is 0.826 bits per heavy atom. The Morgan fingerprint density at radius 3 is 2.04 bits per heavy atom. The summed E-state index contributed by atoms with van der Waals surface area (Å²) < 4.78 is 20.8. The van der Waals surface area contributed by atoms with Crippen LogP contribution in [-0.2, 0) is 18.9 Å². The summed E-state index contributed by atoms with van der Waals surface area (Å²) in [5.41, 5.74) is 0. The molecule has 136 valence electrons. The van der Waals surface area contributed by atoms with Crippen LogP contribution in [0.5, 0.6) is 0 Å². The van der Waals surface area contributed by atoms with E-state index in [9.17, 15) is 30.6 Å². The molecule has 0 saturated carbocycles. The second-order valence-corrected chi connectivity index (χ2v) is 5.72. The van der Waals surface area contributed by atoms with Gasteiger partial charge < -0.3 is 49.6 Å². The van der Waals surface area contributed by atoms with E-state index in [1.54, 1.807) is 0 Å². The third kappa shape index (κ3) is 3.66. The van der Waals surface area contributed by atoms with E-state index in [4.69, 9.17) is 18.9 Å². The number of aliphatic hydroxyl groups is 6. The van der Waals surface area contributed by atoms with Crippen LogP contribution in [0.1, 0.15) is 6.92 Å². The number of hydrogen-bond donors (Lipinski definition) is 6. The first-order chi connectivity index (χ1) is 10.8. The number of rotatable bonds is 4. The van der Waals surface area contributed by atoms with Crippen LogP contribution in [0.2, 0.25) is 0 Å². The van der Waals surface area contributed by atoms with Crippen LogP contribution >= 0.6 is 0 Å². The van der Waals surface area contributed by atoms with Gasteiger partial charge in [0, 0.05) is 7.11 Å². The molecule has 10 atom stereocenters. The van der Waals surface area contributed by atoms with E-state index in [2.05, 4.69) is 0 Å². The lowest BCUT2D eigenvalue weighted by atomic mass is 9.97. The van der Waals surface area contributed by atoms with Gasteiger partial charge in [-0.3, -0.25) is 0 Å². The van der Waals surface area contributed by atoms with Crippen molar-refractivity contribution in [3.05, 3.63) is 0 Å². The Morgan fingerprint density at radius 2 is 1.48 bits per heavy atom. The van der Waals surface area contributed by atoms with E-state index in [1.165, 1.54) is 14.0 Å². The van der Waals surface area contributed by atoms with Crippen molar-refractivity contribution >= 4 is 0 Å². The smallest absolute Gasteiger partial charge is 0.187 e. The molecule has 0 aliphatic carbocycles. The molecule has 0 aromatic carbocycles. The van der Waals surface area contributed by atoms with E-state index in [0.717, 1.165) is 0 Å². The minimum Gasteiger partial charge on any atom is -0.394 e. The molecule has 0 amide bonds. The van der Waals surface area contributed by atoms with Crippen molar-refractivity contribution in [1.82, 2.24) is 0 Å². The van der Waals surface area contributed by atoms with Gasteiger partial charge in [0.15, 0.2) is 12.6 Å². The van der Waals surface area contributed by atoms with Gasteiger partial charge in [-0.1, -0.05) is 0 Å². The van der Waals surface area contributed by atoms with Crippen LogP contribution in [-0.4, -0.2) is 106 Å². The van der Waals surface area contributed by atoms with Crippen molar-refractivity contribution in [2.45, 2.75) is 68.3 Å². The average molecular weight is 340 g/mol. The molecular formula is C13H24O10. The average Bonchev–Trinajstić information content (AvgIpc) is 2.54. The number of aliphatic hydroxyl groups excluding tert-OH is 6. The molecule has 10 heteroatoms. The van der Waals surface area contributed by atoms with Gasteiger partial charge in [-0.15, -0.1) is 0 Å². The van der Waals surface area contributed by atoms with Gasteiger partial charge in [-0.05, 0) is 6.92 Å². The maximum absolute atomic E-state index is 10.1. The maximum atomic E-state index is 10.1. The Bertz CT molecular complexity index is 366. The highest BCUT2D eigenvalue weighted by Gasteiger charge is 2.50. The quantitative estimate of drug-likeness (QED) is 0.300. The first-order valence-electron chi connectivity index (χ1n) is 7.32. The number of hydrogen-bond acceptors (Lipinski definition) is 10. The van der Waals surface area contributed by atoms with Crippen LogP contribution in [0.3, 0.4) is 0 Å². The predicted molar refractivity (Wildman–Crippen MR) is 72.0 cm³/mol. The van der Waals surface area contributed by atoms with Crippen molar-refractivity contribution in [2.75, 3.05) is 13.7 Å². The van der Waals surface area contributed by atoms with E-state index in [1.807, 2.05) is 0 Å². The monoisotopic (exact) mass is 340 g/mol. The number of ether oxygens (including phenoxy) is 4. The van der Waals surface area contributed by atoms with Crippen LogP contribution in [0, 0.1) is 0 Å². The summed E-state index contributed by atoms with van der Waals surface area (Å²) in [6.45, 7) is 0.931. The minimum atomic E-state index is -1.59. The molecular weight excluding hydrogens is 316 g/mol. The van der Waals surface area contributed by atoms with E-state index >= 15 is 0 Å². The summed E-state index contributed by atoms with van der Waals surface area (Å²) in [4.78, 5) is 0. The molecule has 23 heavy (non-hydrogen) atoms. The molecule has 10 nitrogen and oxygen atoms in total. The van der Waals surface area contributed by atoms with Crippen LogP contribution < -0.4 is 0 Å². The van der Waals surface area contributed by atoms with Gasteiger partial charge in [-0.2, -0.15) is 0 Å². The third-order valence-electron chi connectivity index (χ3n) is 4.15.